The second kappa shape index (κ2) is 6.82. The standard InChI is InChI=1S/C15H15ClN2O2/c1-20-15-8-11(6-7-14(15)19)9-17-18-10-12-4-2-3-5-13(12)16/h2-9,18-19H,10H2,1H3/b17-9-. The van der Waals surface area contributed by atoms with Gasteiger partial charge >= 0.3 is 0 Å². The number of phenolic OH excluding ortho intramolecular Hbond substituents is 1. The van der Waals surface area contributed by atoms with Crippen LogP contribution in [0.4, 0.5) is 0 Å². The topological polar surface area (TPSA) is 53.8 Å². The number of hydrazone groups is 1. The van der Waals surface area contributed by atoms with Crippen LogP contribution in [0, 0.1) is 0 Å². The van der Waals surface area contributed by atoms with E-state index >= 15 is 0 Å². The van der Waals surface area contributed by atoms with Crippen LogP contribution < -0.4 is 10.2 Å². The summed E-state index contributed by atoms with van der Waals surface area (Å²) in [5.41, 5.74) is 4.73. The van der Waals surface area contributed by atoms with Gasteiger partial charge in [-0.1, -0.05) is 29.8 Å². The number of halogens is 1. The highest BCUT2D eigenvalue weighted by atomic mass is 35.5. The Morgan fingerprint density at radius 2 is 2.10 bits per heavy atom. The Bertz CT molecular complexity index is 615. The molecule has 0 unspecified atom stereocenters. The smallest absolute Gasteiger partial charge is 0.161 e. The van der Waals surface area contributed by atoms with E-state index in [0.717, 1.165) is 11.1 Å². The Morgan fingerprint density at radius 1 is 1.30 bits per heavy atom. The average Bonchev–Trinajstić information content (AvgIpc) is 2.47. The lowest BCUT2D eigenvalue weighted by molar-refractivity contribution is 0.373. The molecule has 2 aromatic carbocycles. The van der Waals surface area contributed by atoms with Crippen molar-refractivity contribution < 1.29 is 9.84 Å². The van der Waals surface area contributed by atoms with Gasteiger partial charge in [0, 0.05) is 5.02 Å². The summed E-state index contributed by atoms with van der Waals surface area (Å²) in [6, 6.07) is 12.6. The lowest BCUT2D eigenvalue weighted by Gasteiger charge is -2.04. The van der Waals surface area contributed by atoms with Crippen LogP contribution in [-0.4, -0.2) is 18.4 Å². The van der Waals surface area contributed by atoms with Crippen molar-refractivity contribution in [2.24, 2.45) is 5.10 Å². The third kappa shape index (κ3) is 3.65. The Kier molecular flexibility index (Phi) is 4.85. The van der Waals surface area contributed by atoms with E-state index in [2.05, 4.69) is 10.5 Å². The highest BCUT2D eigenvalue weighted by Crippen LogP contribution is 2.25. The summed E-state index contributed by atoms with van der Waals surface area (Å²) < 4.78 is 5.03. The zero-order valence-electron chi connectivity index (χ0n) is 11.0. The summed E-state index contributed by atoms with van der Waals surface area (Å²) in [4.78, 5) is 0. The van der Waals surface area contributed by atoms with Gasteiger partial charge in [-0.2, -0.15) is 5.10 Å². The molecule has 0 fully saturated rings. The van der Waals surface area contributed by atoms with Gasteiger partial charge in [0.25, 0.3) is 0 Å². The molecule has 0 spiro atoms. The Labute approximate surface area is 122 Å². The molecule has 20 heavy (non-hydrogen) atoms. The minimum Gasteiger partial charge on any atom is -0.504 e. The van der Waals surface area contributed by atoms with Gasteiger partial charge < -0.3 is 15.3 Å². The summed E-state index contributed by atoms with van der Waals surface area (Å²) in [6.45, 7) is 0.547. The molecule has 5 heteroatoms. The fourth-order valence-electron chi connectivity index (χ4n) is 1.67. The molecule has 0 aromatic heterocycles. The second-order valence-electron chi connectivity index (χ2n) is 4.12. The molecule has 4 nitrogen and oxygen atoms in total. The fourth-order valence-corrected chi connectivity index (χ4v) is 1.87. The first-order valence-corrected chi connectivity index (χ1v) is 6.45. The molecule has 104 valence electrons. The molecule has 2 rings (SSSR count). The number of phenols is 1. The van der Waals surface area contributed by atoms with Crippen LogP contribution in [0.15, 0.2) is 47.6 Å². The Hall–Kier alpha value is -2.20. The van der Waals surface area contributed by atoms with E-state index in [0.29, 0.717) is 17.3 Å². The first-order valence-electron chi connectivity index (χ1n) is 6.07. The van der Waals surface area contributed by atoms with Crippen LogP contribution in [0.2, 0.25) is 5.02 Å². The van der Waals surface area contributed by atoms with Crippen molar-refractivity contribution in [1.29, 1.82) is 0 Å². The number of ether oxygens (including phenoxy) is 1. The Morgan fingerprint density at radius 3 is 2.85 bits per heavy atom. The second-order valence-corrected chi connectivity index (χ2v) is 4.52. The maximum atomic E-state index is 9.49. The van der Waals surface area contributed by atoms with Gasteiger partial charge in [-0.15, -0.1) is 0 Å². The molecule has 0 aliphatic carbocycles. The van der Waals surface area contributed by atoms with E-state index in [9.17, 15) is 5.11 Å². The fraction of sp³-hybridized carbons (Fsp3) is 0.133. The predicted molar refractivity (Wildman–Crippen MR) is 80.5 cm³/mol. The normalized spacial score (nSPS) is 10.7. The minimum absolute atomic E-state index is 0.105. The van der Waals surface area contributed by atoms with Crippen molar-refractivity contribution in [3.05, 3.63) is 58.6 Å². The van der Waals surface area contributed by atoms with Gasteiger partial charge in [-0.25, -0.2) is 0 Å². The van der Waals surface area contributed by atoms with E-state index in [-0.39, 0.29) is 5.75 Å². The number of hydrogen-bond acceptors (Lipinski definition) is 4. The van der Waals surface area contributed by atoms with Crippen LogP contribution in [0.1, 0.15) is 11.1 Å². The molecule has 0 radical (unpaired) electrons. The number of methoxy groups -OCH3 is 1. The van der Waals surface area contributed by atoms with Gasteiger partial charge in [-0.05, 0) is 35.4 Å². The molecular weight excluding hydrogens is 276 g/mol. The molecule has 0 amide bonds. The summed E-state index contributed by atoms with van der Waals surface area (Å²) in [5, 5.41) is 14.3. The molecule has 2 aromatic rings. The summed E-state index contributed by atoms with van der Waals surface area (Å²) >= 11 is 6.04. The highest BCUT2D eigenvalue weighted by molar-refractivity contribution is 6.31. The SMILES string of the molecule is COc1cc(/C=N\NCc2ccccc2Cl)ccc1O. The molecule has 0 aliphatic rings. The van der Waals surface area contributed by atoms with Gasteiger partial charge in [0.2, 0.25) is 0 Å². The van der Waals surface area contributed by atoms with Crippen LogP contribution in [-0.2, 0) is 6.54 Å². The molecular formula is C15H15ClN2O2. The predicted octanol–water partition coefficient (Wildman–Crippen LogP) is 3.18. The maximum absolute atomic E-state index is 9.49. The van der Waals surface area contributed by atoms with E-state index < -0.39 is 0 Å². The quantitative estimate of drug-likeness (QED) is 0.657. The van der Waals surface area contributed by atoms with Crippen LogP contribution in [0.5, 0.6) is 11.5 Å². The Balaban J connectivity index is 1.95. The first-order chi connectivity index (χ1) is 9.70. The van der Waals surface area contributed by atoms with Crippen molar-refractivity contribution >= 4 is 17.8 Å². The molecule has 0 aliphatic heterocycles. The summed E-state index contributed by atoms with van der Waals surface area (Å²) in [6.07, 6.45) is 1.65. The van der Waals surface area contributed by atoms with Gasteiger partial charge in [0.1, 0.15) is 0 Å². The minimum atomic E-state index is 0.105. The lowest BCUT2D eigenvalue weighted by Crippen LogP contribution is -2.05. The molecule has 2 N–H and O–H groups in total. The van der Waals surface area contributed by atoms with Crippen molar-refractivity contribution in [3.8, 4) is 11.5 Å². The largest absolute Gasteiger partial charge is 0.504 e. The number of hydrogen-bond donors (Lipinski definition) is 2. The van der Waals surface area contributed by atoms with E-state index in [4.69, 9.17) is 16.3 Å². The van der Waals surface area contributed by atoms with Crippen molar-refractivity contribution in [2.75, 3.05) is 7.11 Å². The number of nitrogens with zero attached hydrogens (tertiary/aromatic N) is 1. The van der Waals surface area contributed by atoms with Crippen LogP contribution >= 0.6 is 11.6 Å². The maximum Gasteiger partial charge on any atom is 0.161 e. The third-order valence-corrected chi connectivity index (χ3v) is 3.10. The van der Waals surface area contributed by atoms with Gasteiger partial charge in [0.05, 0.1) is 19.9 Å². The van der Waals surface area contributed by atoms with Crippen molar-refractivity contribution in [1.82, 2.24) is 5.43 Å². The molecule has 0 heterocycles. The number of aromatic hydroxyl groups is 1. The lowest BCUT2D eigenvalue weighted by atomic mass is 10.2. The van der Waals surface area contributed by atoms with E-state index in [1.54, 1.807) is 24.4 Å². The molecule has 0 atom stereocenters. The number of rotatable bonds is 5. The molecule has 0 saturated heterocycles. The van der Waals surface area contributed by atoms with Crippen molar-refractivity contribution in [3.63, 3.8) is 0 Å². The van der Waals surface area contributed by atoms with Gasteiger partial charge in [0.15, 0.2) is 11.5 Å². The third-order valence-electron chi connectivity index (χ3n) is 2.74. The molecule has 0 bridgehead atoms. The highest BCUT2D eigenvalue weighted by Gasteiger charge is 2.00. The number of benzene rings is 2. The van der Waals surface area contributed by atoms with Crippen molar-refractivity contribution in [2.45, 2.75) is 6.54 Å². The van der Waals surface area contributed by atoms with E-state index in [1.807, 2.05) is 24.3 Å². The first kappa shape index (κ1) is 14.2. The van der Waals surface area contributed by atoms with Crippen LogP contribution in [0.3, 0.4) is 0 Å². The molecule has 0 saturated carbocycles. The van der Waals surface area contributed by atoms with E-state index in [1.165, 1.54) is 7.11 Å². The monoisotopic (exact) mass is 290 g/mol. The summed E-state index contributed by atoms with van der Waals surface area (Å²) in [7, 11) is 1.51. The zero-order valence-corrected chi connectivity index (χ0v) is 11.8. The van der Waals surface area contributed by atoms with Gasteiger partial charge in [-0.3, -0.25) is 0 Å². The average molecular weight is 291 g/mol. The summed E-state index contributed by atoms with van der Waals surface area (Å²) in [5.74, 6) is 0.522. The van der Waals surface area contributed by atoms with Crippen LogP contribution in [0.25, 0.3) is 0 Å². The number of nitrogens with one attached hydrogen (secondary N) is 1. The zero-order chi connectivity index (χ0) is 14.4.